The monoisotopic (exact) mass is 261 g/mol. The van der Waals surface area contributed by atoms with Crippen LogP contribution in [0.2, 0.25) is 0 Å². The number of benzene rings is 1. The lowest BCUT2D eigenvalue weighted by molar-refractivity contribution is -0.0703. The highest BCUT2D eigenvalue weighted by atomic mass is 16.5. The van der Waals surface area contributed by atoms with Crippen molar-refractivity contribution in [2.24, 2.45) is 0 Å². The van der Waals surface area contributed by atoms with Crippen LogP contribution >= 0.6 is 0 Å². The van der Waals surface area contributed by atoms with E-state index in [-0.39, 0.29) is 11.2 Å². The SMILES string of the molecule is Cc1cccc([C@@H](C)NC2CC(C)(C)OC2(C)C)c1. The minimum atomic E-state index is -0.110. The van der Waals surface area contributed by atoms with Crippen LogP contribution in [0, 0.1) is 6.92 Å². The molecule has 0 bridgehead atoms. The summed E-state index contributed by atoms with van der Waals surface area (Å²) in [6.45, 7) is 13.1. The number of hydrogen-bond donors (Lipinski definition) is 1. The van der Waals surface area contributed by atoms with Crippen LogP contribution < -0.4 is 5.32 Å². The third-order valence-corrected chi connectivity index (χ3v) is 4.07. The van der Waals surface area contributed by atoms with Gasteiger partial charge in [0.2, 0.25) is 0 Å². The summed E-state index contributed by atoms with van der Waals surface area (Å²) in [6.07, 6.45) is 1.05. The Labute approximate surface area is 117 Å². The molecule has 2 heteroatoms. The molecule has 1 aromatic carbocycles. The fourth-order valence-electron chi connectivity index (χ4n) is 3.16. The Morgan fingerprint density at radius 2 is 1.95 bits per heavy atom. The fraction of sp³-hybridized carbons (Fsp3) is 0.647. The summed E-state index contributed by atoms with van der Waals surface area (Å²) in [5, 5.41) is 3.74. The summed E-state index contributed by atoms with van der Waals surface area (Å²) in [5.41, 5.74) is 2.52. The zero-order chi connectivity index (χ0) is 14.3. The van der Waals surface area contributed by atoms with Gasteiger partial charge < -0.3 is 10.1 Å². The van der Waals surface area contributed by atoms with E-state index >= 15 is 0 Å². The van der Waals surface area contributed by atoms with Gasteiger partial charge in [0.05, 0.1) is 11.2 Å². The van der Waals surface area contributed by atoms with Gasteiger partial charge in [0, 0.05) is 12.1 Å². The Morgan fingerprint density at radius 1 is 1.26 bits per heavy atom. The molecule has 106 valence electrons. The van der Waals surface area contributed by atoms with Gasteiger partial charge in [0.1, 0.15) is 0 Å². The minimum absolute atomic E-state index is 0.0342. The molecule has 0 amide bonds. The Morgan fingerprint density at radius 3 is 2.47 bits per heavy atom. The largest absolute Gasteiger partial charge is 0.368 e. The number of nitrogens with one attached hydrogen (secondary N) is 1. The second kappa shape index (κ2) is 4.92. The van der Waals surface area contributed by atoms with Crippen molar-refractivity contribution in [1.29, 1.82) is 0 Å². The lowest BCUT2D eigenvalue weighted by atomic mass is 9.93. The summed E-state index contributed by atoms with van der Waals surface area (Å²) < 4.78 is 6.15. The van der Waals surface area contributed by atoms with E-state index in [1.165, 1.54) is 11.1 Å². The predicted octanol–water partition coefficient (Wildman–Crippen LogP) is 3.99. The highest BCUT2D eigenvalue weighted by molar-refractivity contribution is 5.25. The third-order valence-electron chi connectivity index (χ3n) is 4.07. The number of rotatable bonds is 3. The van der Waals surface area contributed by atoms with E-state index in [2.05, 4.69) is 71.1 Å². The molecular weight excluding hydrogens is 234 g/mol. The molecule has 0 radical (unpaired) electrons. The van der Waals surface area contributed by atoms with Crippen LogP contribution in [0.1, 0.15) is 58.2 Å². The van der Waals surface area contributed by atoms with E-state index in [4.69, 9.17) is 4.74 Å². The van der Waals surface area contributed by atoms with Gasteiger partial charge >= 0.3 is 0 Å². The van der Waals surface area contributed by atoms with Crippen LogP contribution in [-0.4, -0.2) is 17.2 Å². The van der Waals surface area contributed by atoms with E-state index < -0.39 is 0 Å². The van der Waals surface area contributed by atoms with Crippen LogP contribution in [0.4, 0.5) is 0 Å². The number of ether oxygens (including phenoxy) is 1. The summed E-state index contributed by atoms with van der Waals surface area (Å²) in [5.74, 6) is 0. The van der Waals surface area contributed by atoms with Gasteiger partial charge in [-0.25, -0.2) is 0 Å². The summed E-state index contributed by atoms with van der Waals surface area (Å²) in [6, 6.07) is 9.45. The Balaban J connectivity index is 2.09. The molecule has 1 N–H and O–H groups in total. The zero-order valence-corrected chi connectivity index (χ0v) is 13.1. The Bertz CT molecular complexity index is 450. The molecule has 2 rings (SSSR count). The van der Waals surface area contributed by atoms with Gasteiger partial charge in [0.15, 0.2) is 0 Å². The van der Waals surface area contributed by atoms with Gasteiger partial charge in [0.25, 0.3) is 0 Å². The summed E-state index contributed by atoms with van der Waals surface area (Å²) in [4.78, 5) is 0. The van der Waals surface area contributed by atoms with Gasteiger partial charge in [-0.1, -0.05) is 29.8 Å². The van der Waals surface area contributed by atoms with Crippen molar-refractivity contribution in [3.63, 3.8) is 0 Å². The molecule has 2 atom stereocenters. The van der Waals surface area contributed by atoms with E-state index in [0.717, 1.165) is 6.42 Å². The van der Waals surface area contributed by atoms with Crippen molar-refractivity contribution in [2.75, 3.05) is 0 Å². The molecule has 0 aliphatic carbocycles. The number of aryl methyl sites for hydroxylation is 1. The maximum atomic E-state index is 6.15. The molecule has 2 nitrogen and oxygen atoms in total. The molecular formula is C17H27NO. The van der Waals surface area contributed by atoms with Crippen molar-refractivity contribution in [3.05, 3.63) is 35.4 Å². The Hall–Kier alpha value is -0.860. The summed E-state index contributed by atoms with van der Waals surface area (Å²) >= 11 is 0. The van der Waals surface area contributed by atoms with E-state index in [1.54, 1.807) is 0 Å². The average molecular weight is 261 g/mol. The lowest BCUT2D eigenvalue weighted by Gasteiger charge is -2.30. The van der Waals surface area contributed by atoms with Crippen LogP contribution in [0.5, 0.6) is 0 Å². The molecule has 1 aliphatic rings. The van der Waals surface area contributed by atoms with E-state index in [9.17, 15) is 0 Å². The smallest absolute Gasteiger partial charge is 0.0787 e. The molecule has 19 heavy (non-hydrogen) atoms. The zero-order valence-electron chi connectivity index (χ0n) is 13.1. The van der Waals surface area contributed by atoms with Crippen molar-refractivity contribution in [1.82, 2.24) is 5.32 Å². The predicted molar refractivity (Wildman–Crippen MR) is 80.4 cm³/mol. The first kappa shape index (κ1) is 14.5. The highest BCUT2D eigenvalue weighted by Crippen LogP contribution is 2.38. The maximum absolute atomic E-state index is 6.15. The van der Waals surface area contributed by atoms with Crippen molar-refractivity contribution >= 4 is 0 Å². The van der Waals surface area contributed by atoms with Gasteiger partial charge in [-0.2, -0.15) is 0 Å². The topological polar surface area (TPSA) is 21.3 Å². The fourth-order valence-corrected chi connectivity index (χ4v) is 3.16. The van der Waals surface area contributed by atoms with Gasteiger partial charge in [-0.05, 0) is 53.5 Å². The van der Waals surface area contributed by atoms with Crippen LogP contribution in [0.25, 0.3) is 0 Å². The standard InChI is InChI=1S/C17H27NO/c1-12-8-7-9-14(10-12)13(2)18-15-11-16(3,4)19-17(15,5)6/h7-10,13,15,18H,11H2,1-6H3/t13-,15?/m1/s1. The van der Waals surface area contributed by atoms with Crippen LogP contribution in [0.15, 0.2) is 24.3 Å². The molecule has 1 unspecified atom stereocenters. The third kappa shape index (κ3) is 3.37. The second-order valence-corrected chi connectivity index (χ2v) is 7.02. The lowest BCUT2D eigenvalue weighted by Crippen LogP contribution is -2.44. The van der Waals surface area contributed by atoms with Crippen LogP contribution in [-0.2, 0) is 4.74 Å². The number of hydrogen-bond acceptors (Lipinski definition) is 2. The first-order valence-electron chi connectivity index (χ1n) is 7.22. The minimum Gasteiger partial charge on any atom is -0.368 e. The maximum Gasteiger partial charge on any atom is 0.0787 e. The van der Waals surface area contributed by atoms with Gasteiger partial charge in [-0.3, -0.25) is 0 Å². The first-order chi connectivity index (χ1) is 8.70. The van der Waals surface area contributed by atoms with E-state index in [0.29, 0.717) is 12.1 Å². The second-order valence-electron chi connectivity index (χ2n) is 7.02. The molecule has 1 heterocycles. The molecule has 0 saturated carbocycles. The normalized spacial score (nSPS) is 26.3. The highest BCUT2D eigenvalue weighted by Gasteiger charge is 2.46. The first-order valence-corrected chi connectivity index (χ1v) is 7.22. The molecule has 1 aliphatic heterocycles. The Kier molecular flexibility index (Phi) is 3.76. The van der Waals surface area contributed by atoms with Gasteiger partial charge in [-0.15, -0.1) is 0 Å². The van der Waals surface area contributed by atoms with E-state index in [1.807, 2.05) is 0 Å². The molecule has 1 saturated heterocycles. The molecule has 0 aromatic heterocycles. The molecule has 1 fully saturated rings. The average Bonchev–Trinajstić information content (AvgIpc) is 2.46. The molecule has 1 aromatic rings. The van der Waals surface area contributed by atoms with Crippen molar-refractivity contribution in [2.45, 2.75) is 71.2 Å². The quantitative estimate of drug-likeness (QED) is 0.888. The van der Waals surface area contributed by atoms with Crippen molar-refractivity contribution in [3.8, 4) is 0 Å². The van der Waals surface area contributed by atoms with Crippen molar-refractivity contribution < 1.29 is 4.74 Å². The van der Waals surface area contributed by atoms with Crippen LogP contribution in [0.3, 0.4) is 0 Å². The summed E-state index contributed by atoms with van der Waals surface area (Å²) in [7, 11) is 0. The molecule has 0 spiro atoms.